The number of hydrogen-bond acceptors (Lipinski definition) is 7. The van der Waals surface area contributed by atoms with E-state index in [1.54, 1.807) is 6.20 Å². The topological polar surface area (TPSA) is 199 Å². The lowest BCUT2D eigenvalue weighted by Gasteiger charge is -2.29. The van der Waals surface area contributed by atoms with Gasteiger partial charge in [-0.05, 0) is 12.8 Å². The first-order valence-electron chi connectivity index (χ1n) is 10.2. The zero-order valence-corrected chi connectivity index (χ0v) is 17.3. The molecule has 0 aliphatic carbocycles. The van der Waals surface area contributed by atoms with Gasteiger partial charge >= 0.3 is 5.97 Å². The zero-order valence-electron chi connectivity index (χ0n) is 17.3. The largest absolute Gasteiger partial charge is 0.480 e. The molecule has 0 radical (unpaired) electrons. The van der Waals surface area contributed by atoms with Crippen molar-refractivity contribution < 1.29 is 24.3 Å². The molecule has 2 aromatic heterocycles. The van der Waals surface area contributed by atoms with Crippen molar-refractivity contribution in [3.63, 3.8) is 0 Å². The Balaban J connectivity index is 1.70. The van der Waals surface area contributed by atoms with Crippen LogP contribution in [0.4, 0.5) is 0 Å². The van der Waals surface area contributed by atoms with Crippen molar-refractivity contribution in [1.82, 2.24) is 35.5 Å². The lowest BCUT2D eigenvalue weighted by molar-refractivity contribution is -0.142. The predicted molar refractivity (Wildman–Crippen MR) is 110 cm³/mol. The summed E-state index contributed by atoms with van der Waals surface area (Å²) in [6.07, 6.45) is 7.36. The third-order valence-electron chi connectivity index (χ3n) is 5.18. The van der Waals surface area contributed by atoms with Gasteiger partial charge in [-0.25, -0.2) is 9.97 Å². The Hall–Kier alpha value is -3.74. The van der Waals surface area contributed by atoms with Crippen LogP contribution in [0.3, 0.4) is 0 Å². The third kappa shape index (κ3) is 5.91. The van der Waals surface area contributed by atoms with Crippen LogP contribution in [0, 0.1) is 0 Å². The van der Waals surface area contributed by atoms with E-state index in [2.05, 4.69) is 30.6 Å². The van der Waals surface area contributed by atoms with Crippen molar-refractivity contribution in [1.29, 1.82) is 0 Å². The molecule has 1 fully saturated rings. The molecule has 0 saturated carbocycles. The van der Waals surface area contributed by atoms with Crippen molar-refractivity contribution in [2.24, 2.45) is 5.73 Å². The summed E-state index contributed by atoms with van der Waals surface area (Å²) in [5.41, 5.74) is 7.30. The Morgan fingerprint density at radius 1 is 1.16 bits per heavy atom. The van der Waals surface area contributed by atoms with Crippen LogP contribution in [0.15, 0.2) is 25.0 Å². The van der Waals surface area contributed by atoms with Crippen LogP contribution in [0.5, 0.6) is 0 Å². The van der Waals surface area contributed by atoms with Crippen LogP contribution in [-0.2, 0) is 32.0 Å². The number of carboxylic acids is 1. The number of nitrogens with zero attached hydrogens (tertiary/aromatic N) is 3. The lowest BCUT2D eigenvalue weighted by Crippen LogP contribution is -2.56. The van der Waals surface area contributed by atoms with Crippen molar-refractivity contribution in [2.45, 2.75) is 43.8 Å². The first-order chi connectivity index (χ1) is 15.3. The van der Waals surface area contributed by atoms with Crippen LogP contribution in [-0.4, -0.2) is 84.8 Å². The summed E-state index contributed by atoms with van der Waals surface area (Å²) in [6, 6.07) is -2.70. The minimum atomic E-state index is -1.18. The average Bonchev–Trinajstić information content (AvgIpc) is 3.53. The molecule has 7 N–H and O–H groups in total. The van der Waals surface area contributed by atoms with Gasteiger partial charge in [0.15, 0.2) is 0 Å². The molecule has 0 bridgehead atoms. The quantitative estimate of drug-likeness (QED) is 0.239. The molecule has 2 aromatic rings. The summed E-state index contributed by atoms with van der Waals surface area (Å²) in [7, 11) is 0. The van der Waals surface area contributed by atoms with E-state index in [1.165, 1.54) is 23.8 Å². The van der Waals surface area contributed by atoms with Gasteiger partial charge in [0.1, 0.15) is 18.6 Å². The van der Waals surface area contributed by atoms with E-state index in [4.69, 9.17) is 10.8 Å². The van der Waals surface area contributed by atoms with Gasteiger partial charge in [-0.2, -0.15) is 0 Å². The number of likely N-dealkylation sites (tertiary alicyclic amines) is 1. The minimum absolute atomic E-state index is 0.126. The van der Waals surface area contributed by atoms with E-state index in [1.807, 2.05) is 0 Å². The molecular formula is C19H26N8O5. The number of nitrogens with one attached hydrogen (secondary N) is 4. The number of aromatic amines is 2. The van der Waals surface area contributed by atoms with E-state index < -0.39 is 48.4 Å². The predicted octanol–water partition coefficient (Wildman–Crippen LogP) is -2.08. The molecule has 13 heteroatoms. The molecule has 3 atom stereocenters. The monoisotopic (exact) mass is 446 g/mol. The molecule has 32 heavy (non-hydrogen) atoms. The van der Waals surface area contributed by atoms with Gasteiger partial charge in [-0.1, -0.05) is 0 Å². The average molecular weight is 446 g/mol. The Kier molecular flexibility index (Phi) is 7.54. The molecule has 0 spiro atoms. The summed E-state index contributed by atoms with van der Waals surface area (Å²) < 4.78 is 0. The molecule has 172 valence electrons. The Morgan fingerprint density at radius 3 is 2.41 bits per heavy atom. The number of aliphatic carboxylic acids is 1. The smallest absolute Gasteiger partial charge is 0.322 e. The maximum atomic E-state index is 13.3. The number of aromatic nitrogens is 4. The normalized spacial score (nSPS) is 17.5. The summed E-state index contributed by atoms with van der Waals surface area (Å²) in [6.45, 7) is -0.215. The number of H-pyrrole nitrogens is 2. The highest BCUT2D eigenvalue weighted by molar-refractivity contribution is 5.94. The second kappa shape index (κ2) is 10.5. The van der Waals surface area contributed by atoms with Gasteiger partial charge in [-0.3, -0.25) is 19.2 Å². The van der Waals surface area contributed by atoms with E-state index >= 15 is 0 Å². The van der Waals surface area contributed by atoms with Crippen molar-refractivity contribution in [2.75, 3.05) is 13.1 Å². The Labute approximate surface area is 183 Å². The fourth-order valence-corrected chi connectivity index (χ4v) is 3.60. The number of imidazole rings is 2. The minimum Gasteiger partial charge on any atom is -0.480 e. The van der Waals surface area contributed by atoms with Crippen LogP contribution >= 0.6 is 0 Å². The van der Waals surface area contributed by atoms with Gasteiger partial charge in [0.2, 0.25) is 17.7 Å². The standard InChI is InChI=1S/C19H26N8O5/c20-13(4-11-6-21-9-24-11)17(30)26-14(5-12-7-22-10-25-12)19(32)27-3-1-2-15(27)18(31)23-8-16(28)29/h6-7,9-10,13-15H,1-5,8,20H2,(H,21,24)(H,22,25)(H,23,31)(H,26,30)(H,28,29). The molecule has 13 nitrogen and oxygen atoms in total. The lowest BCUT2D eigenvalue weighted by atomic mass is 10.1. The summed E-state index contributed by atoms with van der Waals surface area (Å²) in [4.78, 5) is 64.2. The number of carbonyl (C=O) groups excluding carboxylic acids is 3. The zero-order chi connectivity index (χ0) is 23.1. The first kappa shape index (κ1) is 22.9. The molecule has 1 aliphatic rings. The SMILES string of the molecule is NC(Cc1cnc[nH]1)C(=O)NC(Cc1cnc[nH]1)C(=O)N1CCCC1C(=O)NCC(=O)O. The molecule has 3 rings (SSSR count). The van der Waals surface area contributed by atoms with E-state index in [0.717, 1.165) is 0 Å². The summed E-state index contributed by atoms with van der Waals surface area (Å²) in [5, 5.41) is 13.8. The van der Waals surface area contributed by atoms with Crippen molar-refractivity contribution in [3.8, 4) is 0 Å². The molecule has 3 unspecified atom stereocenters. The summed E-state index contributed by atoms with van der Waals surface area (Å²) >= 11 is 0. The van der Waals surface area contributed by atoms with Crippen LogP contribution < -0.4 is 16.4 Å². The number of amides is 3. The second-order valence-electron chi connectivity index (χ2n) is 7.53. The van der Waals surface area contributed by atoms with Gasteiger partial charge in [0.25, 0.3) is 0 Å². The molecule has 1 aliphatic heterocycles. The molecule has 3 amide bonds. The molecular weight excluding hydrogens is 420 g/mol. The number of carboxylic acid groups (broad SMARTS) is 1. The highest BCUT2D eigenvalue weighted by Gasteiger charge is 2.38. The third-order valence-corrected chi connectivity index (χ3v) is 5.18. The van der Waals surface area contributed by atoms with Gasteiger partial charge in [-0.15, -0.1) is 0 Å². The molecule has 1 saturated heterocycles. The fourth-order valence-electron chi connectivity index (χ4n) is 3.60. The molecule has 3 heterocycles. The Morgan fingerprint density at radius 2 is 1.81 bits per heavy atom. The van der Waals surface area contributed by atoms with Crippen LogP contribution in [0.1, 0.15) is 24.2 Å². The van der Waals surface area contributed by atoms with E-state index in [-0.39, 0.29) is 12.8 Å². The Bertz CT molecular complexity index is 930. The van der Waals surface area contributed by atoms with Crippen LogP contribution in [0.2, 0.25) is 0 Å². The van der Waals surface area contributed by atoms with Gasteiger partial charge in [0, 0.05) is 43.2 Å². The number of hydrogen-bond donors (Lipinski definition) is 6. The molecule has 0 aromatic carbocycles. The van der Waals surface area contributed by atoms with Gasteiger partial charge in [0.05, 0.1) is 18.7 Å². The number of carbonyl (C=O) groups is 4. The maximum absolute atomic E-state index is 13.3. The van der Waals surface area contributed by atoms with Gasteiger partial charge < -0.3 is 36.3 Å². The van der Waals surface area contributed by atoms with E-state index in [0.29, 0.717) is 30.8 Å². The van der Waals surface area contributed by atoms with Crippen LogP contribution in [0.25, 0.3) is 0 Å². The fraction of sp³-hybridized carbons (Fsp3) is 0.474. The number of rotatable bonds is 10. The highest BCUT2D eigenvalue weighted by Crippen LogP contribution is 2.19. The maximum Gasteiger partial charge on any atom is 0.322 e. The highest BCUT2D eigenvalue weighted by atomic mass is 16.4. The van der Waals surface area contributed by atoms with Crippen molar-refractivity contribution in [3.05, 3.63) is 36.4 Å². The summed E-state index contributed by atoms with van der Waals surface area (Å²) in [5.74, 6) is -2.69. The number of nitrogens with two attached hydrogens (primary N) is 1. The first-order valence-corrected chi connectivity index (χ1v) is 10.2. The van der Waals surface area contributed by atoms with Crippen molar-refractivity contribution >= 4 is 23.7 Å². The van der Waals surface area contributed by atoms with E-state index in [9.17, 15) is 19.2 Å². The second-order valence-corrected chi connectivity index (χ2v) is 7.53.